The standard InChI is InChI=1S/C16H23N3O3S/c20-23(21)8-5-14(10-22-15-17-6-2-7-18-15)16(23)11-19(12-16)9-13-3-1-4-13/h2,6-7,13-14H,1,3-5,8-12H2. The van der Waals surface area contributed by atoms with Crippen LogP contribution in [0, 0.1) is 11.8 Å². The Bertz CT molecular complexity index is 654. The minimum absolute atomic E-state index is 0.0500. The van der Waals surface area contributed by atoms with Gasteiger partial charge in [0.05, 0.1) is 12.4 Å². The zero-order chi connectivity index (χ0) is 15.9. The monoisotopic (exact) mass is 337 g/mol. The summed E-state index contributed by atoms with van der Waals surface area (Å²) < 4.78 is 30.2. The van der Waals surface area contributed by atoms with Gasteiger partial charge in [-0.2, -0.15) is 0 Å². The van der Waals surface area contributed by atoms with Gasteiger partial charge >= 0.3 is 6.01 Å². The van der Waals surface area contributed by atoms with Gasteiger partial charge in [-0.25, -0.2) is 18.4 Å². The van der Waals surface area contributed by atoms with E-state index in [1.807, 2.05) is 0 Å². The molecule has 2 aliphatic heterocycles. The zero-order valence-electron chi connectivity index (χ0n) is 13.2. The molecule has 6 nitrogen and oxygen atoms in total. The van der Waals surface area contributed by atoms with E-state index in [1.165, 1.54) is 19.3 Å². The predicted octanol–water partition coefficient (Wildman–Crippen LogP) is 1.14. The number of aromatic nitrogens is 2. The Labute approximate surface area is 137 Å². The van der Waals surface area contributed by atoms with E-state index in [1.54, 1.807) is 18.5 Å². The van der Waals surface area contributed by atoms with Gasteiger partial charge in [0, 0.05) is 37.9 Å². The lowest BCUT2D eigenvalue weighted by molar-refractivity contribution is 0.0393. The van der Waals surface area contributed by atoms with E-state index in [0.29, 0.717) is 32.1 Å². The first kappa shape index (κ1) is 15.3. The maximum Gasteiger partial charge on any atom is 0.316 e. The SMILES string of the molecule is O=S1(=O)CCC(COc2ncccn2)C12CN(CC1CCC1)C2. The molecule has 1 spiro atoms. The molecule has 1 saturated carbocycles. The van der Waals surface area contributed by atoms with Crippen molar-refractivity contribution in [2.45, 2.75) is 30.4 Å². The zero-order valence-corrected chi connectivity index (χ0v) is 14.0. The molecule has 1 atom stereocenters. The summed E-state index contributed by atoms with van der Waals surface area (Å²) in [6.45, 7) is 2.80. The molecule has 23 heavy (non-hydrogen) atoms. The minimum Gasteiger partial charge on any atom is -0.463 e. The van der Waals surface area contributed by atoms with Crippen LogP contribution in [-0.2, 0) is 9.84 Å². The van der Waals surface area contributed by atoms with Gasteiger partial charge in [0.25, 0.3) is 0 Å². The summed E-state index contributed by atoms with van der Waals surface area (Å²) in [7, 11) is -3.02. The van der Waals surface area contributed by atoms with Crippen molar-refractivity contribution in [1.29, 1.82) is 0 Å². The Morgan fingerprint density at radius 2 is 1.96 bits per heavy atom. The molecule has 0 aromatic carbocycles. The Hall–Kier alpha value is -1.21. The van der Waals surface area contributed by atoms with E-state index < -0.39 is 14.6 Å². The van der Waals surface area contributed by atoms with Crippen molar-refractivity contribution in [3.8, 4) is 6.01 Å². The van der Waals surface area contributed by atoms with E-state index in [9.17, 15) is 8.42 Å². The molecule has 4 rings (SSSR count). The van der Waals surface area contributed by atoms with Crippen molar-refractivity contribution < 1.29 is 13.2 Å². The quantitative estimate of drug-likeness (QED) is 0.802. The van der Waals surface area contributed by atoms with Crippen molar-refractivity contribution in [3.05, 3.63) is 18.5 Å². The third-order valence-electron chi connectivity index (χ3n) is 5.78. The van der Waals surface area contributed by atoms with Crippen LogP contribution in [-0.4, -0.2) is 60.0 Å². The second-order valence-corrected chi connectivity index (χ2v) is 9.63. The first-order valence-corrected chi connectivity index (χ1v) is 10.1. The molecule has 1 unspecified atom stereocenters. The summed E-state index contributed by atoms with van der Waals surface area (Å²) in [4.78, 5) is 10.4. The van der Waals surface area contributed by atoms with E-state index >= 15 is 0 Å². The van der Waals surface area contributed by atoms with E-state index in [2.05, 4.69) is 14.9 Å². The number of nitrogens with zero attached hydrogens (tertiary/aromatic N) is 3. The highest BCUT2D eigenvalue weighted by Crippen LogP contribution is 2.45. The lowest BCUT2D eigenvalue weighted by Crippen LogP contribution is -2.68. The number of sulfone groups is 1. The van der Waals surface area contributed by atoms with Crippen molar-refractivity contribution >= 4 is 9.84 Å². The summed E-state index contributed by atoms with van der Waals surface area (Å²) >= 11 is 0. The molecule has 1 aliphatic carbocycles. The third-order valence-corrected chi connectivity index (χ3v) is 8.38. The van der Waals surface area contributed by atoms with Crippen LogP contribution in [0.25, 0.3) is 0 Å². The number of hydrogen-bond acceptors (Lipinski definition) is 6. The highest BCUT2D eigenvalue weighted by atomic mass is 32.2. The summed E-state index contributed by atoms with van der Waals surface area (Å²) in [6.07, 6.45) is 7.88. The number of likely N-dealkylation sites (tertiary alicyclic amines) is 1. The van der Waals surface area contributed by atoms with Crippen LogP contribution in [0.4, 0.5) is 0 Å². The van der Waals surface area contributed by atoms with E-state index in [4.69, 9.17) is 4.74 Å². The molecule has 3 heterocycles. The number of ether oxygens (including phenoxy) is 1. The molecule has 1 aromatic rings. The second kappa shape index (κ2) is 5.70. The van der Waals surface area contributed by atoms with Crippen molar-refractivity contribution in [3.63, 3.8) is 0 Å². The fourth-order valence-corrected chi connectivity index (χ4v) is 6.58. The minimum atomic E-state index is -3.02. The Kier molecular flexibility index (Phi) is 3.80. The summed E-state index contributed by atoms with van der Waals surface area (Å²) in [5.74, 6) is 1.12. The van der Waals surface area contributed by atoms with Crippen LogP contribution in [0.15, 0.2) is 18.5 Å². The van der Waals surface area contributed by atoms with Crippen molar-refractivity contribution in [1.82, 2.24) is 14.9 Å². The lowest BCUT2D eigenvalue weighted by atomic mass is 9.80. The van der Waals surface area contributed by atoms with Gasteiger partial charge in [0.2, 0.25) is 0 Å². The Balaban J connectivity index is 1.40. The first-order valence-electron chi connectivity index (χ1n) is 8.43. The maximum atomic E-state index is 12.6. The molecule has 0 bridgehead atoms. The molecule has 0 N–H and O–H groups in total. The molecule has 0 amide bonds. The van der Waals surface area contributed by atoms with Gasteiger partial charge in [0.1, 0.15) is 4.75 Å². The van der Waals surface area contributed by atoms with Crippen LogP contribution < -0.4 is 4.74 Å². The van der Waals surface area contributed by atoms with Crippen LogP contribution in [0.1, 0.15) is 25.7 Å². The third kappa shape index (κ3) is 2.63. The molecule has 126 valence electrons. The smallest absolute Gasteiger partial charge is 0.316 e. The summed E-state index contributed by atoms with van der Waals surface area (Å²) in [5.41, 5.74) is 0. The highest BCUT2D eigenvalue weighted by Gasteiger charge is 2.61. The molecular formula is C16H23N3O3S. The summed E-state index contributed by atoms with van der Waals surface area (Å²) in [6, 6.07) is 2.07. The predicted molar refractivity (Wildman–Crippen MR) is 85.9 cm³/mol. The van der Waals surface area contributed by atoms with E-state index in [0.717, 1.165) is 12.5 Å². The number of hydrogen-bond donors (Lipinski definition) is 0. The Morgan fingerprint density at radius 3 is 2.61 bits per heavy atom. The fraction of sp³-hybridized carbons (Fsp3) is 0.750. The van der Waals surface area contributed by atoms with Gasteiger partial charge in [-0.05, 0) is 31.2 Å². The van der Waals surface area contributed by atoms with Gasteiger partial charge in [0.15, 0.2) is 9.84 Å². The lowest BCUT2D eigenvalue weighted by Gasteiger charge is -2.51. The van der Waals surface area contributed by atoms with Crippen molar-refractivity contribution in [2.75, 3.05) is 32.0 Å². The second-order valence-electron chi connectivity index (χ2n) is 7.18. The van der Waals surface area contributed by atoms with Gasteiger partial charge in [-0.1, -0.05) is 6.42 Å². The van der Waals surface area contributed by atoms with Gasteiger partial charge in [-0.3, -0.25) is 4.90 Å². The van der Waals surface area contributed by atoms with Gasteiger partial charge in [-0.15, -0.1) is 0 Å². The molecule has 1 aromatic heterocycles. The molecule has 2 saturated heterocycles. The van der Waals surface area contributed by atoms with Crippen LogP contribution in [0.3, 0.4) is 0 Å². The van der Waals surface area contributed by atoms with E-state index in [-0.39, 0.29) is 11.7 Å². The molecular weight excluding hydrogens is 314 g/mol. The molecule has 0 radical (unpaired) electrons. The molecule has 3 aliphatic rings. The van der Waals surface area contributed by atoms with Gasteiger partial charge < -0.3 is 4.74 Å². The van der Waals surface area contributed by atoms with Crippen molar-refractivity contribution in [2.24, 2.45) is 11.8 Å². The largest absolute Gasteiger partial charge is 0.463 e. The van der Waals surface area contributed by atoms with Crippen LogP contribution >= 0.6 is 0 Å². The van der Waals surface area contributed by atoms with Crippen LogP contribution in [0.2, 0.25) is 0 Å². The maximum absolute atomic E-state index is 12.6. The molecule has 3 fully saturated rings. The van der Waals surface area contributed by atoms with Crippen LogP contribution in [0.5, 0.6) is 6.01 Å². The normalized spacial score (nSPS) is 29.1. The average molecular weight is 337 g/mol. The topological polar surface area (TPSA) is 72.4 Å². The average Bonchev–Trinajstić information content (AvgIpc) is 2.72. The number of rotatable bonds is 5. The molecule has 7 heteroatoms. The highest BCUT2D eigenvalue weighted by molar-refractivity contribution is 7.93. The first-order chi connectivity index (χ1) is 11.1. The summed E-state index contributed by atoms with van der Waals surface area (Å²) in [5, 5.41) is 0. The Morgan fingerprint density at radius 1 is 1.22 bits per heavy atom. The fourth-order valence-electron chi connectivity index (χ4n) is 4.12.